The molecule has 0 fully saturated rings. The van der Waals surface area contributed by atoms with E-state index in [9.17, 15) is 36.6 Å². The normalized spacial score (nSPS) is 12.4. The maximum atomic E-state index is 14.0. The minimum Gasteiger partial charge on any atom is -0.462 e. The number of hydrogen-bond acceptors (Lipinski definition) is 5. The molecule has 1 atom stereocenters. The maximum Gasteiger partial charge on any atom is 0.343 e. The van der Waals surface area contributed by atoms with Crippen molar-refractivity contribution < 1.29 is 41.4 Å². The molecule has 0 spiro atoms. The van der Waals surface area contributed by atoms with Gasteiger partial charge in [-0.25, -0.2) is 26.7 Å². The van der Waals surface area contributed by atoms with Crippen LogP contribution < -0.4 is 5.32 Å². The predicted octanol–water partition coefficient (Wildman–Crippen LogP) is 3.34. The number of rotatable bonds is 8. The number of carbonyl (C=O) groups is 2. The number of Topliss-reactive ketones (excluding diaryl/α,β-unsaturated/α-hetero) is 1. The third kappa shape index (κ3) is 4.65. The number of halogens is 5. The molecule has 2 rings (SSSR count). The zero-order valence-electron chi connectivity index (χ0n) is 15.5. The summed E-state index contributed by atoms with van der Waals surface area (Å²) in [6.45, 7) is 0.641. The molecule has 0 unspecified atom stereocenters. The number of hydrogen-bond donors (Lipinski definition) is 2. The van der Waals surface area contributed by atoms with E-state index in [-0.39, 0.29) is 6.61 Å². The number of benzene rings is 2. The highest BCUT2D eigenvalue weighted by Crippen LogP contribution is 2.25. The molecule has 2 aromatic rings. The number of ether oxygens (including phenoxy) is 1. The van der Waals surface area contributed by atoms with E-state index < -0.39 is 64.6 Å². The first-order valence-corrected chi connectivity index (χ1v) is 8.59. The molecule has 0 aliphatic heterocycles. The molecule has 2 N–H and O–H groups in total. The fraction of sp³-hybridized carbons (Fsp3) is 0.200. The smallest absolute Gasteiger partial charge is 0.343 e. The van der Waals surface area contributed by atoms with E-state index in [1.54, 1.807) is 30.3 Å². The van der Waals surface area contributed by atoms with Gasteiger partial charge in [-0.05, 0) is 12.5 Å². The first-order chi connectivity index (χ1) is 14.2. The number of aliphatic hydroxyl groups excluding tert-OH is 1. The first-order valence-electron chi connectivity index (χ1n) is 8.59. The quantitative estimate of drug-likeness (QED) is 0.0984. The Balaban J connectivity index is 2.51. The Labute approximate surface area is 167 Å². The number of aliphatic hydroxyl groups is 1. The highest BCUT2D eigenvalue weighted by molar-refractivity contribution is 6.24. The molecule has 5 nitrogen and oxygen atoms in total. The SMILES string of the molecule is CCOC(=O)/C(=C\N[C@@H](CO)c1ccccc1)C(=O)c1c(F)c(F)c(F)c(F)c1F. The largest absolute Gasteiger partial charge is 0.462 e. The third-order valence-corrected chi connectivity index (χ3v) is 3.99. The molecular weight excluding hydrogens is 413 g/mol. The Hall–Kier alpha value is -3.27. The van der Waals surface area contributed by atoms with Crippen LogP contribution in [0.2, 0.25) is 0 Å². The van der Waals surface area contributed by atoms with Crippen molar-refractivity contribution in [2.45, 2.75) is 13.0 Å². The molecule has 160 valence electrons. The standard InChI is InChI=1S/C20H16F5NO4/c1-2-30-20(29)11(8-26-12(9-27)10-6-4-3-5-7-10)19(28)13-14(21)16(23)18(25)17(24)15(13)22/h3-8,12,26-27H,2,9H2,1H3/b11-8-/t12-/m0/s1. The molecule has 30 heavy (non-hydrogen) atoms. The van der Waals surface area contributed by atoms with E-state index in [0.29, 0.717) is 11.8 Å². The maximum absolute atomic E-state index is 14.0. The van der Waals surface area contributed by atoms with Gasteiger partial charge in [0.2, 0.25) is 11.6 Å². The van der Waals surface area contributed by atoms with E-state index in [1.165, 1.54) is 6.92 Å². The van der Waals surface area contributed by atoms with Crippen LogP contribution >= 0.6 is 0 Å². The molecule has 0 bridgehead atoms. The summed E-state index contributed by atoms with van der Waals surface area (Å²) in [5.74, 6) is -15.0. The second kappa shape index (κ2) is 9.97. The van der Waals surface area contributed by atoms with Crippen molar-refractivity contribution in [2.75, 3.05) is 13.2 Å². The zero-order chi connectivity index (χ0) is 22.4. The average Bonchev–Trinajstić information content (AvgIpc) is 2.74. The van der Waals surface area contributed by atoms with Crippen molar-refractivity contribution in [3.63, 3.8) is 0 Å². The van der Waals surface area contributed by atoms with Gasteiger partial charge in [-0.3, -0.25) is 4.79 Å². The van der Waals surface area contributed by atoms with Gasteiger partial charge in [-0.1, -0.05) is 30.3 Å². The van der Waals surface area contributed by atoms with E-state index in [0.717, 1.165) is 0 Å². The van der Waals surface area contributed by atoms with E-state index >= 15 is 0 Å². The molecule has 0 aliphatic carbocycles. The summed E-state index contributed by atoms with van der Waals surface area (Å²) < 4.78 is 72.8. The van der Waals surface area contributed by atoms with Crippen LogP contribution in [-0.4, -0.2) is 30.1 Å². The molecule has 2 aromatic carbocycles. The van der Waals surface area contributed by atoms with Crippen LogP contribution in [0.25, 0.3) is 0 Å². The van der Waals surface area contributed by atoms with Gasteiger partial charge in [0.05, 0.1) is 19.3 Å². The van der Waals surface area contributed by atoms with Crippen LogP contribution in [0, 0.1) is 29.1 Å². The lowest BCUT2D eigenvalue weighted by Crippen LogP contribution is -2.25. The van der Waals surface area contributed by atoms with Gasteiger partial charge in [-0.2, -0.15) is 0 Å². The summed E-state index contributed by atoms with van der Waals surface area (Å²) in [6, 6.07) is 7.37. The Bertz CT molecular complexity index is 950. The fourth-order valence-corrected chi connectivity index (χ4v) is 2.49. The Kier molecular flexibility index (Phi) is 7.65. The first kappa shape index (κ1) is 23.0. The third-order valence-electron chi connectivity index (χ3n) is 3.99. The average molecular weight is 429 g/mol. The fourth-order valence-electron chi connectivity index (χ4n) is 2.49. The molecule has 0 amide bonds. The van der Waals surface area contributed by atoms with Crippen molar-refractivity contribution in [1.29, 1.82) is 0 Å². The molecule has 0 saturated heterocycles. The molecule has 0 aromatic heterocycles. The lowest BCUT2D eigenvalue weighted by atomic mass is 10.0. The Morgan fingerprint density at radius 2 is 1.53 bits per heavy atom. The second-order valence-corrected chi connectivity index (χ2v) is 5.87. The van der Waals surface area contributed by atoms with Crippen LogP contribution in [0.4, 0.5) is 22.0 Å². The summed E-state index contributed by atoms with van der Waals surface area (Å²) in [4.78, 5) is 24.7. The summed E-state index contributed by atoms with van der Waals surface area (Å²) in [6.07, 6.45) is 0.701. The highest BCUT2D eigenvalue weighted by atomic mass is 19.2. The molecule has 0 aliphatic rings. The number of esters is 1. The summed E-state index contributed by atoms with van der Waals surface area (Å²) >= 11 is 0. The minimum absolute atomic E-state index is 0.233. The van der Waals surface area contributed by atoms with Gasteiger partial charge in [-0.15, -0.1) is 0 Å². The Morgan fingerprint density at radius 1 is 1.00 bits per heavy atom. The number of ketones is 1. The van der Waals surface area contributed by atoms with Crippen molar-refractivity contribution in [2.24, 2.45) is 0 Å². The van der Waals surface area contributed by atoms with E-state index in [1.807, 2.05) is 0 Å². The summed E-state index contributed by atoms with van der Waals surface area (Å²) in [5.41, 5.74) is -2.29. The lowest BCUT2D eigenvalue weighted by Gasteiger charge is -2.16. The van der Waals surface area contributed by atoms with Crippen LogP contribution in [0.1, 0.15) is 28.9 Å². The van der Waals surface area contributed by atoms with Gasteiger partial charge in [0.15, 0.2) is 23.3 Å². The molecule has 0 radical (unpaired) electrons. The van der Waals surface area contributed by atoms with E-state index in [4.69, 9.17) is 0 Å². The van der Waals surface area contributed by atoms with Crippen molar-refractivity contribution in [3.8, 4) is 0 Å². The Morgan fingerprint density at radius 3 is 2.03 bits per heavy atom. The monoisotopic (exact) mass is 429 g/mol. The molecular formula is C20H16F5NO4. The summed E-state index contributed by atoms with van der Waals surface area (Å²) in [5, 5.41) is 12.0. The molecule has 10 heteroatoms. The van der Waals surface area contributed by atoms with Crippen molar-refractivity contribution in [1.82, 2.24) is 5.32 Å². The minimum atomic E-state index is -2.44. The van der Waals surface area contributed by atoms with Gasteiger partial charge in [0, 0.05) is 6.20 Å². The summed E-state index contributed by atoms with van der Waals surface area (Å²) in [7, 11) is 0. The number of carbonyl (C=O) groups excluding carboxylic acids is 2. The molecule has 0 heterocycles. The zero-order valence-corrected chi connectivity index (χ0v) is 15.5. The van der Waals surface area contributed by atoms with Crippen LogP contribution in [-0.2, 0) is 9.53 Å². The van der Waals surface area contributed by atoms with Crippen LogP contribution in [0.3, 0.4) is 0 Å². The molecule has 0 saturated carbocycles. The van der Waals surface area contributed by atoms with Gasteiger partial charge in [0.1, 0.15) is 11.1 Å². The van der Waals surface area contributed by atoms with Crippen molar-refractivity contribution in [3.05, 3.63) is 82.3 Å². The van der Waals surface area contributed by atoms with Crippen LogP contribution in [0.15, 0.2) is 42.1 Å². The lowest BCUT2D eigenvalue weighted by molar-refractivity contribution is -0.138. The predicted molar refractivity (Wildman–Crippen MR) is 94.7 cm³/mol. The van der Waals surface area contributed by atoms with Gasteiger partial charge in [0.25, 0.3) is 0 Å². The van der Waals surface area contributed by atoms with Gasteiger partial charge < -0.3 is 15.2 Å². The number of nitrogens with one attached hydrogen (secondary N) is 1. The topological polar surface area (TPSA) is 75.6 Å². The van der Waals surface area contributed by atoms with Crippen LogP contribution in [0.5, 0.6) is 0 Å². The second-order valence-electron chi connectivity index (χ2n) is 5.87. The van der Waals surface area contributed by atoms with Gasteiger partial charge >= 0.3 is 5.97 Å². The van der Waals surface area contributed by atoms with Crippen molar-refractivity contribution >= 4 is 11.8 Å². The highest BCUT2D eigenvalue weighted by Gasteiger charge is 2.33. The van der Waals surface area contributed by atoms with E-state index in [2.05, 4.69) is 10.1 Å².